The van der Waals surface area contributed by atoms with Crippen molar-refractivity contribution in [2.45, 2.75) is 90.9 Å². The molecule has 1 fully saturated rings. The molecule has 1 aliphatic heterocycles. The van der Waals surface area contributed by atoms with Crippen LogP contribution in [0.3, 0.4) is 0 Å². The SMILES string of the molecule is CC(C)C1CC(=O)N(CCCCCC(=O)N[C@H](C(=O)N[C@@H](CCCNC(N)=O)C(=O)Nc2ccc(CP)cc2)C(C)C)C1=O. The van der Waals surface area contributed by atoms with Crippen LogP contribution in [-0.2, 0) is 30.1 Å². The smallest absolute Gasteiger partial charge is 0.312 e. The van der Waals surface area contributed by atoms with Crippen molar-refractivity contribution in [1.29, 1.82) is 0 Å². The third-order valence-corrected chi connectivity index (χ3v) is 8.17. The quantitative estimate of drug-likeness (QED) is 0.0943. The van der Waals surface area contributed by atoms with Gasteiger partial charge in [0, 0.05) is 37.5 Å². The van der Waals surface area contributed by atoms with Crippen molar-refractivity contribution < 1.29 is 28.8 Å². The molecule has 1 saturated heterocycles. The number of unbranched alkanes of at least 4 members (excludes halogenated alkanes) is 2. The monoisotopic (exact) mass is 632 g/mol. The Bertz CT molecular complexity index is 1160. The predicted octanol–water partition coefficient (Wildman–Crippen LogP) is 2.67. The van der Waals surface area contributed by atoms with Crippen molar-refractivity contribution in [3.63, 3.8) is 0 Å². The van der Waals surface area contributed by atoms with E-state index in [1.807, 2.05) is 26.0 Å². The van der Waals surface area contributed by atoms with Crippen molar-refractivity contribution in [3.8, 4) is 0 Å². The first-order valence-corrected chi connectivity index (χ1v) is 16.2. The summed E-state index contributed by atoms with van der Waals surface area (Å²) in [5.41, 5.74) is 6.80. The van der Waals surface area contributed by atoms with E-state index in [0.29, 0.717) is 37.9 Å². The number of hydrogen-bond donors (Lipinski definition) is 5. The molecule has 2 rings (SSSR count). The van der Waals surface area contributed by atoms with E-state index in [0.717, 1.165) is 11.7 Å². The second-order valence-corrected chi connectivity index (χ2v) is 12.3. The van der Waals surface area contributed by atoms with E-state index in [4.69, 9.17) is 5.73 Å². The lowest BCUT2D eigenvalue weighted by Gasteiger charge is -2.25. The van der Waals surface area contributed by atoms with E-state index in [-0.39, 0.29) is 61.3 Å². The van der Waals surface area contributed by atoms with E-state index in [1.165, 1.54) is 4.90 Å². The standard InChI is InChI=1S/C31H49N6O6P/c1-19(2)23-17-26(39)37(30(23)42)16-7-5-6-10-25(38)36-27(20(3)4)29(41)35-24(9-8-15-33-31(32)43)28(40)34-22-13-11-21(18-44)12-14-22/h11-14,19-20,23-24,27H,5-10,15-18,44H2,1-4H3,(H,34,40)(H,35,41)(H,36,38)(H3,32,33,43)/t23?,24-,27-/m0/s1. The van der Waals surface area contributed by atoms with Gasteiger partial charge in [-0.1, -0.05) is 46.2 Å². The third kappa shape index (κ3) is 11.9. The first-order chi connectivity index (χ1) is 20.8. The number of urea groups is 1. The molecule has 1 aromatic rings. The van der Waals surface area contributed by atoms with Gasteiger partial charge in [0.15, 0.2) is 0 Å². The number of nitrogens with zero attached hydrogens (tertiary/aromatic N) is 1. The summed E-state index contributed by atoms with van der Waals surface area (Å²) in [7, 11) is 2.64. The molecular formula is C31H49N6O6P. The minimum Gasteiger partial charge on any atom is -0.352 e. The summed E-state index contributed by atoms with van der Waals surface area (Å²) in [6, 6.07) is 4.90. The predicted molar refractivity (Wildman–Crippen MR) is 172 cm³/mol. The van der Waals surface area contributed by atoms with Crippen LogP contribution in [0.25, 0.3) is 0 Å². The van der Waals surface area contributed by atoms with E-state index >= 15 is 0 Å². The molecular weight excluding hydrogens is 583 g/mol. The molecule has 4 atom stereocenters. The van der Waals surface area contributed by atoms with Crippen LogP contribution < -0.4 is 27.0 Å². The summed E-state index contributed by atoms with van der Waals surface area (Å²) in [5.74, 6) is -1.84. The molecule has 0 spiro atoms. The summed E-state index contributed by atoms with van der Waals surface area (Å²) in [6.07, 6.45) is 3.63. The molecule has 2 unspecified atom stereocenters. The normalized spacial score (nSPS) is 16.2. The highest BCUT2D eigenvalue weighted by Gasteiger charge is 2.39. The number of hydrogen-bond acceptors (Lipinski definition) is 6. The number of rotatable bonds is 18. The van der Waals surface area contributed by atoms with Crippen LogP contribution in [0.2, 0.25) is 0 Å². The van der Waals surface area contributed by atoms with Crippen LogP contribution in [0.1, 0.15) is 78.2 Å². The number of imide groups is 1. The molecule has 44 heavy (non-hydrogen) atoms. The molecule has 0 bridgehead atoms. The molecule has 1 aliphatic rings. The first-order valence-electron chi connectivity index (χ1n) is 15.4. The van der Waals surface area contributed by atoms with Gasteiger partial charge in [-0.05, 0) is 61.4 Å². The van der Waals surface area contributed by atoms with Gasteiger partial charge < -0.3 is 27.0 Å². The maximum Gasteiger partial charge on any atom is 0.312 e. The molecule has 0 aromatic heterocycles. The van der Waals surface area contributed by atoms with Gasteiger partial charge in [0.1, 0.15) is 12.1 Å². The fourth-order valence-corrected chi connectivity index (χ4v) is 5.25. The highest BCUT2D eigenvalue weighted by atomic mass is 31.0. The number of nitrogens with two attached hydrogens (primary N) is 1. The molecule has 0 radical (unpaired) electrons. The molecule has 1 heterocycles. The Labute approximate surface area is 262 Å². The van der Waals surface area contributed by atoms with Gasteiger partial charge >= 0.3 is 6.03 Å². The van der Waals surface area contributed by atoms with E-state index in [9.17, 15) is 28.8 Å². The van der Waals surface area contributed by atoms with Crippen LogP contribution >= 0.6 is 9.24 Å². The first kappa shape index (κ1) is 36.7. The maximum atomic E-state index is 13.3. The van der Waals surface area contributed by atoms with Crippen LogP contribution in [-0.4, -0.2) is 65.6 Å². The summed E-state index contributed by atoms with van der Waals surface area (Å²) in [6.45, 7) is 8.07. The minimum atomic E-state index is -0.914. The van der Waals surface area contributed by atoms with Gasteiger partial charge in [-0.2, -0.15) is 0 Å². The minimum absolute atomic E-state index is 0.113. The largest absolute Gasteiger partial charge is 0.352 e. The van der Waals surface area contributed by atoms with Gasteiger partial charge in [0.2, 0.25) is 29.5 Å². The van der Waals surface area contributed by atoms with Gasteiger partial charge in [0.25, 0.3) is 0 Å². The molecule has 6 N–H and O–H groups in total. The molecule has 12 nitrogen and oxygen atoms in total. The molecule has 0 saturated carbocycles. The van der Waals surface area contributed by atoms with Crippen molar-refractivity contribution in [2.75, 3.05) is 18.4 Å². The molecule has 0 aliphatic carbocycles. The number of anilines is 1. The average molecular weight is 633 g/mol. The highest BCUT2D eigenvalue weighted by Crippen LogP contribution is 2.26. The summed E-state index contributed by atoms with van der Waals surface area (Å²) >= 11 is 0. The topological polar surface area (TPSA) is 180 Å². The van der Waals surface area contributed by atoms with Crippen molar-refractivity contribution in [1.82, 2.24) is 20.9 Å². The summed E-state index contributed by atoms with van der Waals surface area (Å²) in [4.78, 5) is 76.3. The Morgan fingerprint density at radius 3 is 2.20 bits per heavy atom. The fraction of sp³-hybridized carbons (Fsp3) is 0.613. The zero-order chi connectivity index (χ0) is 32.8. The molecule has 7 amide bonds. The summed E-state index contributed by atoms with van der Waals surface area (Å²) in [5, 5.41) is 10.9. The van der Waals surface area contributed by atoms with E-state index < -0.39 is 29.9 Å². The number of carbonyl (C=O) groups excluding carboxylic acids is 6. The lowest BCUT2D eigenvalue weighted by molar-refractivity contribution is -0.140. The Balaban J connectivity index is 1.91. The van der Waals surface area contributed by atoms with Crippen molar-refractivity contribution in [3.05, 3.63) is 29.8 Å². The Morgan fingerprint density at radius 2 is 1.64 bits per heavy atom. The van der Waals surface area contributed by atoms with Gasteiger partial charge in [-0.25, -0.2) is 4.79 Å². The number of nitrogens with one attached hydrogen (secondary N) is 4. The zero-order valence-corrected chi connectivity index (χ0v) is 27.5. The van der Waals surface area contributed by atoms with Crippen LogP contribution in [0.4, 0.5) is 10.5 Å². The number of carbonyl (C=O) groups is 6. The molecule has 1 aromatic carbocycles. The van der Waals surface area contributed by atoms with E-state index in [2.05, 4.69) is 30.5 Å². The van der Waals surface area contributed by atoms with Crippen LogP contribution in [0.15, 0.2) is 24.3 Å². The molecule has 13 heteroatoms. The zero-order valence-electron chi connectivity index (χ0n) is 26.3. The Hall–Kier alpha value is -3.53. The lowest BCUT2D eigenvalue weighted by atomic mass is 9.94. The van der Waals surface area contributed by atoms with Gasteiger partial charge in [0.05, 0.1) is 0 Å². The van der Waals surface area contributed by atoms with Crippen LogP contribution in [0, 0.1) is 17.8 Å². The maximum absolute atomic E-state index is 13.3. The second-order valence-electron chi connectivity index (χ2n) is 11.9. The number of likely N-dealkylation sites (tertiary alicyclic amines) is 1. The average Bonchev–Trinajstić information content (AvgIpc) is 3.26. The second kappa shape index (κ2) is 18.3. The van der Waals surface area contributed by atoms with Gasteiger partial charge in [-0.3, -0.25) is 28.9 Å². The Kier molecular flexibility index (Phi) is 15.3. The number of amides is 7. The Morgan fingerprint density at radius 1 is 0.955 bits per heavy atom. The highest BCUT2D eigenvalue weighted by molar-refractivity contribution is 7.15. The van der Waals surface area contributed by atoms with Gasteiger partial charge in [-0.15, -0.1) is 9.24 Å². The number of benzene rings is 1. The number of primary amides is 1. The fourth-order valence-electron chi connectivity index (χ4n) is 4.98. The molecule has 244 valence electrons. The van der Waals surface area contributed by atoms with Crippen molar-refractivity contribution in [2.24, 2.45) is 23.5 Å². The summed E-state index contributed by atoms with van der Waals surface area (Å²) < 4.78 is 0. The van der Waals surface area contributed by atoms with E-state index in [1.54, 1.807) is 26.0 Å². The van der Waals surface area contributed by atoms with Crippen LogP contribution in [0.5, 0.6) is 0 Å². The lowest BCUT2D eigenvalue weighted by Crippen LogP contribution is -2.54. The third-order valence-electron chi connectivity index (χ3n) is 7.69. The van der Waals surface area contributed by atoms with Crippen molar-refractivity contribution >= 4 is 50.5 Å².